The molecule has 0 aliphatic heterocycles. The summed E-state index contributed by atoms with van der Waals surface area (Å²) in [5, 5.41) is 3.04. The third kappa shape index (κ3) is 4.13. The summed E-state index contributed by atoms with van der Waals surface area (Å²) in [7, 11) is 5.51. The van der Waals surface area contributed by atoms with Crippen molar-refractivity contribution in [3.63, 3.8) is 0 Å². The molecule has 0 radical (unpaired) electrons. The minimum absolute atomic E-state index is 0.0723. The Labute approximate surface area is 121 Å². The lowest BCUT2D eigenvalue weighted by molar-refractivity contribution is 0.0917. The third-order valence-electron chi connectivity index (χ3n) is 3.21. The molecule has 1 aromatic carbocycles. The van der Waals surface area contributed by atoms with Gasteiger partial charge in [-0.3, -0.25) is 4.79 Å². The van der Waals surface area contributed by atoms with Crippen LogP contribution in [-0.4, -0.2) is 44.6 Å². The Bertz CT molecular complexity index is 458. The fraction of sp³-hybridized carbons (Fsp3) is 0.533. The largest absolute Gasteiger partial charge is 0.495 e. The molecule has 1 amide bonds. The first-order valence-corrected chi connectivity index (χ1v) is 6.74. The summed E-state index contributed by atoms with van der Waals surface area (Å²) in [5.41, 5.74) is 6.78. The van der Waals surface area contributed by atoms with Crippen LogP contribution >= 0.6 is 0 Å². The summed E-state index contributed by atoms with van der Waals surface area (Å²) >= 11 is 0. The van der Waals surface area contributed by atoms with Crippen molar-refractivity contribution in [2.45, 2.75) is 19.9 Å². The highest BCUT2D eigenvalue weighted by Crippen LogP contribution is 2.24. The van der Waals surface area contributed by atoms with Crippen molar-refractivity contribution in [2.75, 3.05) is 33.5 Å². The van der Waals surface area contributed by atoms with E-state index in [2.05, 4.69) is 24.1 Å². The van der Waals surface area contributed by atoms with E-state index in [4.69, 9.17) is 10.5 Å². The highest BCUT2D eigenvalue weighted by Gasteiger charge is 2.20. The number of para-hydroxylation sites is 1. The molecule has 3 N–H and O–H groups in total. The zero-order valence-corrected chi connectivity index (χ0v) is 12.9. The Morgan fingerprint density at radius 1 is 1.40 bits per heavy atom. The van der Waals surface area contributed by atoms with E-state index < -0.39 is 0 Å². The fourth-order valence-corrected chi connectivity index (χ4v) is 1.98. The molecule has 0 aliphatic rings. The third-order valence-corrected chi connectivity index (χ3v) is 3.21. The van der Waals surface area contributed by atoms with Gasteiger partial charge < -0.3 is 20.7 Å². The molecule has 0 spiro atoms. The summed E-state index contributed by atoms with van der Waals surface area (Å²) in [4.78, 5) is 14.4. The van der Waals surface area contributed by atoms with Crippen LogP contribution in [0.2, 0.25) is 0 Å². The maximum atomic E-state index is 12.4. The van der Waals surface area contributed by atoms with Gasteiger partial charge in [0.2, 0.25) is 0 Å². The minimum atomic E-state index is -0.165. The lowest BCUT2D eigenvalue weighted by Crippen LogP contribution is -2.45. The zero-order chi connectivity index (χ0) is 15.3. The van der Waals surface area contributed by atoms with E-state index in [1.165, 1.54) is 7.11 Å². The quantitative estimate of drug-likeness (QED) is 0.776. The Balaban J connectivity index is 2.89. The van der Waals surface area contributed by atoms with Crippen molar-refractivity contribution in [2.24, 2.45) is 5.92 Å². The smallest absolute Gasteiger partial charge is 0.253 e. The fourth-order valence-electron chi connectivity index (χ4n) is 1.98. The van der Waals surface area contributed by atoms with E-state index in [0.717, 1.165) is 6.54 Å². The van der Waals surface area contributed by atoms with Crippen molar-refractivity contribution in [3.05, 3.63) is 23.8 Å². The van der Waals surface area contributed by atoms with Gasteiger partial charge in [0.1, 0.15) is 5.75 Å². The van der Waals surface area contributed by atoms with Crippen LogP contribution in [0.25, 0.3) is 0 Å². The van der Waals surface area contributed by atoms with Crippen LogP contribution in [-0.2, 0) is 0 Å². The molecular formula is C15H25N3O2. The number of benzene rings is 1. The van der Waals surface area contributed by atoms with E-state index in [9.17, 15) is 4.79 Å². The maximum absolute atomic E-state index is 12.4. The molecule has 5 nitrogen and oxygen atoms in total. The topological polar surface area (TPSA) is 67.6 Å². The number of hydrogen-bond acceptors (Lipinski definition) is 4. The number of methoxy groups -OCH3 is 1. The average Bonchev–Trinajstić information content (AvgIpc) is 2.37. The Morgan fingerprint density at radius 3 is 2.55 bits per heavy atom. The summed E-state index contributed by atoms with van der Waals surface area (Å²) in [6, 6.07) is 5.29. The van der Waals surface area contributed by atoms with E-state index in [-0.39, 0.29) is 11.9 Å². The number of amides is 1. The van der Waals surface area contributed by atoms with Gasteiger partial charge in [-0.25, -0.2) is 0 Å². The highest BCUT2D eigenvalue weighted by molar-refractivity contribution is 6.00. The van der Waals surface area contributed by atoms with Gasteiger partial charge in [0.15, 0.2) is 0 Å². The number of likely N-dealkylation sites (N-methyl/N-ethyl adjacent to an activating group) is 1. The molecule has 0 aromatic heterocycles. The SMILES string of the molecule is COc1cccc(C(=O)NC(CN(C)C)C(C)C)c1N. The highest BCUT2D eigenvalue weighted by atomic mass is 16.5. The Morgan fingerprint density at radius 2 is 2.05 bits per heavy atom. The first kappa shape index (κ1) is 16.3. The van der Waals surface area contributed by atoms with E-state index in [1.54, 1.807) is 18.2 Å². The Hall–Kier alpha value is -1.75. The normalized spacial score (nSPS) is 12.6. The van der Waals surface area contributed by atoms with Crippen molar-refractivity contribution in [1.29, 1.82) is 0 Å². The molecule has 0 bridgehead atoms. The van der Waals surface area contributed by atoms with Gasteiger partial charge in [0.25, 0.3) is 5.91 Å². The zero-order valence-electron chi connectivity index (χ0n) is 12.9. The van der Waals surface area contributed by atoms with E-state index in [0.29, 0.717) is 22.9 Å². The van der Waals surface area contributed by atoms with Gasteiger partial charge in [-0.2, -0.15) is 0 Å². The number of hydrogen-bond donors (Lipinski definition) is 2. The second-order valence-corrected chi connectivity index (χ2v) is 5.51. The molecule has 112 valence electrons. The van der Waals surface area contributed by atoms with Crippen LogP contribution in [0.4, 0.5) is 5.69 Å². The first-order valence-electron chi connectivity index (χ1n) is 6.74. The molecule has 0 saturated carbocycles. The number of carbonyl (C=O) groups excluding carboxylic acids is 1. The number of nitrogen functional groups attached to an aromatic ring is 1. The van der Waals surface area contributed by atoms with Crippen LogP contribution in [0, 0.1) is 5.92 Å². The van der Waals surface area contributed by atoms with E-state index >= 15 is 0 Å². The predicted octanol–water partition coefficient (Wildman–Crippen LogP) is 1.59. The summed E-state index contributed by atoms with van der Waals surface area (Å²) in [5.74, 6) is 0.696. The number of nitrogens with zero attached hydrogens (tertiary/aromatic N) is 1. The van der Waals surface area contributed by atoms with Crippen molar-refractivity contribution < 1.29 is 9.53 Å². The number of ether oxygens (including phenoxy) is 1. The van der Waals surface area contributed by atoms with Crippen LogP contribution in [0.15, 0.2) is 18.2 Å². The average molecular weight is 279 g/mol. The van der Waals surface area contributed by atoms with E-state index in [1.807, 2.05) is 14.1 Å². The Kier molecular flexibility index (Phi) is 5.82. The monoisotopic (exact) mass is 279 g/mol. The number of anilines is 1. The van der Waals surface area contributed by atoms with Crippen LogP contribution < -0.4 is 15.8 Å². The van der Waals surface area contributed by atoms with Gasteiger partial charge in [0, 0.05) is 12.6 Å². The van der Waals surface area contributed by atoms with Crippen molar-refractivity contribution >= 4 is 11.6 Å². The molecule has 0 fully saturated rings. The molecule has 1 rings (SSSR count). The lowest BCUT2D eigenvalue weighted by Gasteiger charge is -2.26. The maximum Gasteiger partial charge on any atom is 0.253 e. The number of rotatable bonds is 6. The molecule has 1 unspecified atom stereocenters. The van der Waals surface area contributed by atoms with Gasteiger partial charge in [0.05, 0.1) is 18.4 Å². The minimum Gasteiger partial charge on any atom is -0.495 e. The molecule has 0 aliphatic carbocycles. The van der Waals surface area contributed by atoms with Crippen LogP contribution in [0.1, 0.15) is 24.2 Å². The summed E-state index contributed by atoms with van der Waals surface area (Å²) < 4.78 is 5.14. The van der Waals surface area contributed by atoms with Gasteiger partial charge in [-0.1, -0.05) is 19.9 Å². The van der Waals surface area contributed by atoms with Gasteiger partial charge in [-0.15, -0.1) is 0 Å². The molecule has 5 heteroatoms. The predicted molar refractivity (Wildman–Crippen MR) is 82.1 cm³/mol. The van der Waals surface area contributed by atoms with Gasteiger partial charge in [-0.05, 0) is 32.1 Å². The molecule has 0 heterocycles. The molecule has 1 aromatic rings. The molecule has 0 saturated heterocycles. The van der Waals surface area contributed by atoms with Crippen molar-refractivity contribution in [3.8, 4) is 5.75 Å². The summed E-state index contributed by atoms with van der Waals surface area (Å²) in [6.07, 6.45) is 0. The second kappa shape index (κ2) is 7.14. The van der Waals surface area contributed by atoms with Crippen LogP contribution in [0.3, 0.4) is 0 Å². The molecule has 1 atom stereocenters. The van der Waals surface area contributed by atoms with Gasteiger partial charge >= 0.3 is 0 Å². The number of carbonyl (C=O) groups is 1. The first-order chi connectivity index (χ1) is 9.36. The van der Waals surface area contributed by atoms with Crippen LogP contribution in [0.5, 0.6) is 5.75 Å². The molecule has 20 heavy (non-hydrogen) atoms. The van der Waals surface area contributed by atoms with Crippen molar-refractivity contribution in [1.82, 2.24) is 10.2 Å². The molecular weight excluding hydrogens is 254 g/mol. The summed E-state index contributed by atoms with van der Waals surface area (Å²) in [6.45, 7) is 4.96. The second-order valence-electron chi connectivity index (χ2n) is 5.51. The number of nitrogens with one attached hydrogen (secondary N) is 1. The lowest BCUT2D eigenvalue weighted by atomic mass is 10.0. The number of nitrogens with two attached hydrogens (primary N) is 1. The standard InChI is InChI=1S/C15H25N3O2/c1-10(2)12(9-18(3)4)17-15(19)11-7-6-8-13(20-5)14(11)16/h6-8,10,12H,9,16H2,1-5H3,(H,17,19).